The average molecular weight is 357 g/mol. The average Bonchev–Trinajstić information content (AvgIpc) is 2.69. The van der Waals surface area contributed by atoms with Gasteiger partial charge in [0.15, 0.2) is 9.84 Å². The van der Waals surface area contributed by atoms with E-state index in [0.717, 1.165) is 6.07 Å². The number of halogens is 4. The van der Waals surface area contributed by atoms with Crippen molar-refractivity contribution >= 4 is 33.2 Å². The first-order valence-corrected chi connectivity index (χ1v) is 8.41. The SMILES string of the molecule is O=C(Nc1ccc(Cl)cc1C(F)(F)F)NC1CCS(=O)(=O)C1. The summed E-state index contributed by atoms with van der Waals surface area (Å²) < 4.78 is 61.2. The molecule has 0 aliphatic carbocycles. The summed E-state index contributed by atoms with van der Waals surface area (Å²) in [7, 11) is -3.19. The van der Waals surface area contributed by atoms with E-state index in [-0.39, 0.29) is 22.9 Å². The highest BCUT2D eigenvalue weighted by Gasteiger charge is 2.35. The number of nitrogens with one attached hydrogen (secondary N) is 2. The van der Waals surface area contributed by atoms with E-state index in [9.17, 15) is 26.4 Å². The van der Waals surface area contributed by atoms with Crippen LogP contribution in [0.1, 0.15) is 12.0 Å². The molecule has 1 aromatic carbocycles. The van der Waals surface area contributed by atoms with E-state index in [1.54, 1.807) is 0 Å². The molecule has 5 nitrogen and oxygen atoms in total. The van der Waals surface area contributed by atoms with Gasteiger partial charge in [0.05, 0.1) is 22.8 Å². The molecule has 0 saturated carbocycles. The van der Waals surface area contributed by atoms with Crippen molar-refractivity contribution in [2.45, 2.75) is 18.6 Å². The van der Waals surface area contributed by atoms with Crippen molar-refractivity contribution in [3.05, 3.63) is 28.8 Å². The zero-order valence-corrected chi connectivity index (χ0v) is 12.6. The molecule has 1 aliphatic rings. The Bertz CT molecular complexity index is 691. The quantitative estimate of drug-likeness (QED) is 0.855. The van der Waals surface area contributed by atoms with Crippen LogP contribution in [0.3, 0.4) is 0 Å². The van der Waals surface area contributed by atoms with E-state index in [1.807, 2.05) is 0 Å². The molecule has 122 valence electrons. The highest BCUT2D eigenvalue weighted by molar-refractivity contribution is 7.91. The number of rotatable bonds is 2. The minimum atomic E-state index is -4.68. The van der Waals surface area contributed by atoms with Crippen molar-refractivity contribution in [3.63, 3.8) is 0 Å². The number of amides is 2. The third kappa shape index (κ3) is 4.26. The van der Waals surface area contributed by atoms with Gasteiger partial charge in [-0.25, -0.2) is 13.2 Å². The van der Waals surface area contributed by atoms with Gasteiger partial charge in [-0.1, -0.05) is 11.6 Å². The fraction of sp³-hybridized carbons (Fsp3) is 0.417. The molecule has 22 heavy (non-hydrogen) atoms. The summed E-state index contributed by atoms with van der Waals surface area (Å²) in [5.74, 6) is -0.264. The van der Waals surface area contributed by atoms with Crippen molar-refractivity contribution in [2.24, 2.45) is 0 Å². The van der Waals surface area contributed by atoms with Gasteiger partial charge in [-0.3, -0.25) is 0 Å². The maximum atomic E-state index is 12.9. The maximum absolute atomic E-state index is 12.9. The minimum Gasteiger partial charge on any atom is -0.334 e. The van der Waals surface area contributed by atoms with E-state index in [0.29, 0.717) is 6.07 Å². The molecule has 0 aromatic heterocycles. The molecule has 1 aliphatic heterocycles. The fourth-order valence-electron chi connectivity index (χ4n) is 2.11. The van der Waals surface area contributed by atoms with E-state index in [2.05, 4.69) is 10.6 Å². The summed E-state index contributed by atoms with van der Waals surface area (Å²) in [6.45, 7) is 0. The lowest BCUT2D eigenvalue weighted by Crippen LogP contribution is -2.38. The summed E-state index contributed by atoms with van der Waals surface area (Å²) in [4.78, 5) is 11.7. The van der Waals surface area contributed by atoms with Gasteiger partial charge in [-0.2, -0.15) is 13.2 Å². The predicted molar refractivity (Wildman–Crippen MR) is 75.7 cm³/mol. The molecule has 0 bridgehead atoms. The van der Waals surface area contributed by atoms with Crippen molar-refractivity contribution in [3.8, 4) is 0 Å². The highest BCUT2D eigenvalue weighted by Crippen LogP contribution is 2.36. The minimum absolute atomic E-state index is 0.0489. The Balaban J connectivity index is 2.09. The maximum Gasteiger partial charge on any atom is 0.418 e. The fourth-order valence-corrected chi connectivity index (χ4v) is 3.96. The van der Waals surface area contributed by atoms with E-state index >= 15 is 0 Å². The van der Waals surface area contributed by atoms with Gasteiger partial charge in [0, 0.05) is 11.1 Å². The summed E-state index contributed by atoms with van der Waals surface area (Å²) in [6.07, 6.45) is -4.44. The summed E-state index contributed by atoms with van der Waals surface area (Å²) in [5, 5.41) is 4.31. The van der Waals surface area contributed by atoms with Gasteiger partial charge in [-0.15, -0.1) is 0 Å². The number of urea groups is 1. The second-order valence-electron chi connectivity index (χ2n) is 4.89. The lowest BCUT2D eigenvalue weighted by Gasteiger charge is -2.16. The third-order valence-corrected chi connectivity index (χ3v) is 5.11. The van der Waals surface area contributed by atoms with Gasteiger partial charge >= 0.3 is 12.2 Å². The lowest BCUT2D eigenvalue weighted by atomic mass is 10.1. The normalized spacial score (nSPS) is 20.6. The molecule has 1 saturated heterocycles. The number of sulfone groups is 1. The standard InChI is InChI=1S/C12H12ClF3N2O3S/c13-7-1-2-10(9(5-7)12(14,15)16)18-11(19)17-8-3-4-22(20,21)6-8/h1-2,5,8H,3-4,6H2,(H2,17,18,19). The zero-order chi connectivity index (χ0) is 16.5. The Morgan fingerprint density at radius 2 is 2.00 bits per heavy atom. The van der Waals surface area contributed by atoms with Crippen LogP contribution in [-0.2, 0) is 16.0 Å². The first kappa shape index (κ1) is 16.9. The smallest absolute Gasteiger partial charge is 0.334 e. The molecule has 1 unspecified atom stereocenters. The van der Waals surface area contributed by atoms with E-state index in [4.69, 9.17) is 11.6 Å². The van der Waals surface area contributed by atoms with Crippen molar-refractivity contribution in [1.29, 1.82) is 0 Å². The number of carbonyl (C=O) groups is 1. The summed E-state index contributed by atoms with van der Waals surface area (Å²) in [5.41, 5.74) is -1.52. The molecule has 2 amide bonds. The van der Waals surface area contributed by atoms with E-state index in [1.165, 1.54) is 6.07 Å². The molecular weight excluding hydrogens is 345 g/mol. The number of alkyl halides is 3. The van der Waals surface area contributed by atoms with Gasteiger partial charge in [0.25, 0.3) is 0 Å². The van der Waals surface area contributed by atoms with Crippen LogP contribution in [0.2, 0.25) is 5.02 Å². The highest BCUT2D eigenvalue weighted by atomic mass is 35.5. The molecule has 1 atom stereocenters. The van der Waals surface area contributed by atoms with Gasteiger partial charge in [0.1, 0.15) is 0 Å². The Kier molecular flexibility index (Phi) is 4.57. The Labute approximate surface area is 129 Å². The van der Waals surface area contributed by atoms with E-state index < -0.39 is 39.3 Å². The number of hydrogen-bond acceptors (Lipinski definition) is 3. The number of carbonyl (C=O) groups excluding carboxylic acids is 1. The summed E-state index contributed by atoms with van der Waals surface area (Å²) in [6, 6.07) is 1.46. The predicted octanol–water partition coefficient (Wildman–Crippen LogP) is 2.67. The van der Waals surface area contributed by atoms with Crippen LogP contribution >= 0.6 is 11.6 Å². The van der Waals surface area contributed by atoms with Crippen molar-refractivity contribution < 1.29 is 26.4 Å². The van der Waals surface area contributed by atoms with Gasteiger partial charge in [0.2, 0.25) is 0 Å². The van der Waals surface area contributed by atoms with Crippen molar-refractivity contribution in [1.82, 2.24) is 5.32 Å². The van der Waals surface area contributed by atoms with Crippen LogP contribution in [-0.4, -0.2) is 32.0 Å². The zero-order valence-electron chi connectivity index (χ0n) is 11.1. The number of hydrogen-bond donors (Lipinski definition) is 2. The molecular formula is C12H12ClF3N2O3S. The molecule has 1 heterocycles. The molecule has 2 rings (SSSR count). The van der Waals surface area contributed by atoms with Crippen LogP contribution in [0.5, 0.6) is 0 Å². The molecule has 1 fully saturated rings. The van der Waals surface area contributed by atoms with Crippen LogP contribution in [0.15, 0.2) is 18.2 Å². The van der Waals surface area contributed by atoms with Crippen LogP contribution in [0.4, 0.5) is 23.7 Å². The summed E-state index contributed by atoms with van der Waals surface area (Å²) >= 11 is 5.53. The second-order valence-corrected chi connectivity index (χ2v) is 7.55. The topological polar surface area (TPSA) is 75.3 Å². The molecule has 10 heteroatoms. The molecule has 1 aromatic rings. The first-order chi connectivity index (χ1) is 10.1. The second kappa shape index (κ2) is 5.96. The molecule has 0 radical (unpaired) electrons. The van der Waals surface area contributed by atoms with Crippen LogP contribution in [0.25, 0.3) is 0 Å². The number of benzene rings is 1. The van der Waals surface area contributed by atoms with Gasteiger partial charge in [-0.05, 0) is 24.6 Å². The third-order valence-electron chi connectivity index (χ3n) is 3.10. The van der Waals surface area contributed by atoms with Crippen LogP contribution in [0, 0.1) is 0 Å². The monoisotopic (exact) mass is 356 g/mol. The van der Waals surface area contributed by atoms with Gasteiger partial charge < -0.3 is 10.6 Å². The first-order valence-electron chi connectivity index (χ1n) is 6.21. The Hall–Kier alpha value is -1.48. The van der Waals surface area contributed by atoms with Crippen LogP contribution < -0.4 is 10.6 Å². The lowest BCUT2D eigenvalue weighted by molar-refractivity contribution is -0.136. The molecule has 0 spiro atoms. The molecule has 2 N–H and O–H groups in total. The van der Waals surface area contributed by atoms with Crippen molar-refractivity contribution in [2.75, 3.05) is 16.8 Å². The number of anilines is 1. The Morgan fingerprint density at radius 3 is 2.55 bits per heavy atom. The Morgan fingerprint density at radius 1 is 1.32 bits per heavy atom. The largest absolute Gasteiger partial charge is 0.418 e.